The van der Waals surface area contributed by atoms with Gasteiger partial charge in [0.2, 0.25) is 0 Å². The minimum atomic E-state index is -0.934. The summed E-state index contributed by atoms with van der Waals surface area (Å²) >= 11 is 0. The van der Waals surface area contributed by atoms with E-state index in [2.05, 4.69) is 140 Å². The molecule has 1 unspecified atom stereocenters. The molecule has 1 aromatic rings. The lowest BCUT2D eigenvalue weighted by atomic mass is 9.52. The molecule has 2 N–H and O–H groups in total. The predicted molar refractivity (Wildman–Crippen MR) is 200 cm³/mol. The number of carboxylic acid groups (broad SMARTS) is 1. The van der Waals surface area contributed by atoms with Gasteiger partial charge in [-0.15, -0.1) is 0 Å². The van der Waals surface area contributed by atoms with Crippen molar-refractivity contribution in [1.29, 1.82) is 0 Å². The fraction of sp³-hybridized carbons (Fsp3) is 0.833. The third-order valence-corrected chi connectivity index (χ3v) is 13.0. The molecule has 5 heteroatoms. The second-order valence-corrected chi connectivity index (χ2v) is 20.5. The number of hydrogen-bond donors (Lipinski definition) is 2. The van der Waals surface area contributed by atoms with E-state index in [0.29, 0.717) is 18.6 Å². The molecular formula is C42H74N2O3. The molecule has 0 saturated carbocycles. The van der Waals surface area contributed by atoms with Crippen LogP contribution in [0.1, 0.15) is 165 Å². The van der Waals surface area contributed by atoms with Crippen LogP contribution in [0, 0.1) is 23.2 Å². The summed E-state index contributed by atoms with van der Waals surface area (Å²) in [5.41, 5.74) is 1.19. The zero-order valence-corrected chi connectivity index (χ0v) is 33.7. The number of piperidine rings is 2. The number of carbonyl (C=O) groups is 1. The largest absolute Gasteiger partial charge is 0.507 e. The smallest absolute Gasteiger partial charge is 0.310 e. The Labute approximate surface area is 290 Å². The number of carboxylic acids is 1. The lowest BCUT2D eigenvalue weighted by Gasteiger charge is -2.61. The van der Waals surface area contributed by atoms with Crippen molar-refractivity contribution in [3.63, 3.8) is 0 Å². The Hall–Kier alpha value is -1.59. The summed E-state index contributed by atoms with van der Waals surface area (Å²) in [5.74, 6) is 0.270. The molecule has 1 atom stereocenters. The van der Waals surface area contributed by atoms with Crippen molar-refractivity contribution in [3.05, 3.63) is 28.8 Å². The molecule has 0 amide bonds. The maximum Gasteiger partial charge on any atom is 0.310 e. The van der Waals surface area contributed by atoms with E-state index in [1.807, 2.05) is 0 Å². The molecule has 0 spiro atoms. The number of aliphatic carboxylic acids is 1. The summed E-state index contributed by atoms with van der Waals surface area (Å²) in [4.78, 5) is 19.5. The van der Waals surface area contributed by atoms with Crippen LogP contribution in [0.4, 0.5) is 0 Å². The molecule has 2 aliphatic rings. The Morgan fingerprint density at radius 1 is 0.766 bits per heavy atom. The monoisotopic (exact) mass is 655 g/mol. The van der Waals surface area contributed by atoms with Gasteiger partial charge in [-0.05, 0) is 153 Å². The maximum atomic E-state index is 14.4. The highest BCUT2D eigenvalue weighted by Crippen LogP contribution is 2.58. The van der Waals surface area contributed by atoms with Gasteiger partial charge in [0.15, 0.2) is 0 Å². The third-order valence-electron chi connectivity index (χ3n) is 13.0. The van der Waals surface area contributed by atoms with Crippen LogP contribution < -0.4 is 0 Å². The number of phenols is 1. The van der Waals surface area contributed by atoms with Crippen LogP contribution in [0.25, 0.3) is 0 Å². The number of hydrogen-bond acceptors (Lipinski definition) is 4. The zero-order chi connectivity index (χ0) is 36.3. The zero-order valence-electron chi connectivity index (χ0n) is 33.7. The van der Waals surface area contributed by atoms with E-state index in [-0.39, 0.29) is 50.7 Å². The van der Waals surface area contributed by atoms with Crippen LogP contribution >= 0.6 is 0 Å². The molecule has 3 rings (SSSR count). The molecule has 47 heavy (non-hydrogen) atoms. The standard InChI is InChI=1S/C42H74N2O3/c1-18-19-20-42(35(46)47,23-28-21-31(36(2,3)4)34(45)32(22-28)37(5,6)7)33(29-24-38(8,9)43(16)39(10,11)25-29)30-26-40(12,13)44(17)41(14,15)27-30/h21-22,29-30,33,45H,18-20,23-27H2,1-17H3,(H,46,47). The third kappa shape index (κ3) is 7.92. The van der Waals surface area contributed by atoms with E-state index >= 15 is 0 Å². The lowest BCUT2D eigenvalue weighted by Crippen LogP contribution is -2.64. The molecule has 0 aromatic heterocycles. The first-order valence-electron chi connectivity index (χ1n) is 18.6. The number of rotatable bonds is 9. The maximum absolute atomic E-state index is 14.4. The fourth-order valence-electron chi connectivity index (χ4n) is 10.2. The van der Waals surface area contributed by atoms with Crippen molar-refractivity contribution in [1.82, 2.24) is 9.80 Å². The SMILES string of the molecule is CCCCC(Cc1cc(C(C)(C)C)c(O)c(C(C)(C)C)c1)(C(=O)O)C(C1CC(C)(C)N(C)C(C)(C)C1)C1CC(C)(C)N(C)C(C)(C)C1. The van der Waals surface area contributed by atoms with Gasteiger partial charge >= 0.3 is 5.97 Å². The van der Waals surface area contributed by atoms with E-state index in [4.69, 9.17) is 0 Å². The summed E-state index contributed by atoms with van der Waals surface area (Å²) in [6.45, 7) is 34.0. The van der Waals surface area contributed by atoms with E-state index in [1.165, 1.54) is 0 Å². The Kier molecular flexibility index (Phi) is 11.0. The van der Waals surface area contributed by atoms with E-state index < -0.39 is 11.4 Å². The van der Waals surface area contributed by atoms with Gasteiger partial charge in [0.25, 0.3) is 0 Å². The highest BCUT2D eigenvalue weighted by molar-refractivity contribution is 5.76. The van der Waals surface area contributed by atoms with Crippen LogP contribution in [0.15, 0.2) is 12.1 Å². The molecule has 2 aliphatic heterocycles. The molecule has 2 heterocycles. The first-order chi connectivity index (χ1) is 21.0. The van der Waals surface area contributed by atoms with Gasteiger partial charge in [0.1, 0.15) is 5.75 Å². The van der Waals surface area contributed by atoms with Crippen LogP contribution in [0.5, 0.6) is 5.75 Å². The van der Waals surface area contributed by atoms with E-state index in [0.717, 1.165) is 55.2 Å². The van der Waals surface area contributed by atoms with Gasteiger partial charge in [-0.1, -0.05) is 73.4 Å². The summed E-state index contributed by atoms with van der Waals surface area (Å²) in [6.07, 6.45) is 6.96. The Morgan fingerprint density at radius 2 is 1.11 bits per heavy atom. The van der Waals surface area contributed by atoms with Gasteiger partial charge in [0.05, 0.1) is 5.41 Å². The Bertz CT molecular complexity index is 1160. The summed E-state index contributed by atoms with van der Waals surface area (Å²) in [5, 5.41) is 23.4. The summed E-state index contributed by atoms with van der Waals surface area (Å²) in [6, 6.07) is 4.30. The second kappa shape index (κ2) is 12.9. The summed E-state index contributed by atoms with van der Waals surface area (Å²) in [7, 11) is 4.51. The fourth-order valence-corrected chi connectivity index (χ4v) is 10.2. The first-order valence-corrected chi connectivity index (χ1v) is 18.6. The highest BCUT2D eigenvalue weighted by atomic mass is 16.4. The molecular weight excluding hydrogens is 580 g/mol. The number of phenolic OH excluding ortho intramolecular Hbond substituents is 1. The Morgan fingerprint density at radius 3 is 1.38 bits per heavy atom. The topological polar surface area (TPSA) is 64.0 Å². The van der Waals surface area contributed by atoms with E-state index in [9.17, 15) is 15.0 Å². The van der Waals surface area contributed by atoms with Gasteiger partial charge in [-0.2, -0.15) is 0 Å². The average Bonchev–Trinajstić information content (AvgIpc) is 2.87. The molecule has 2 fully saturated rings. The molecule has 5 nitrogen and oxygen atoms in total. The van der Waals surface area contributed by atoms with Crippen LogP contribution in [0.2, 0.25) is 0 Å². The number of benzene rings is 1. The van der Waals surface area contributed by atoms with Crippen molar-refractivity contribution in [3.8, 4) is 5.75 Å². The highest BCUT2D eigenvalue weighted by Gasteiger charge is 2.58. The van der Waals surface area contributed by atoms with Crippen molar-refractivity contribution >= 4 is 5.97 Å². The number of aromatic hydroxyl groups is 1. The molecule has 0 aliphatic carbocycles. The second-order valence-electron chi connectivity index (χ2n) is 20.5. The van der Waals surface area contributed by atoms with Crippen LogP contribution in [-0.4, -0.2) is 62.2 Å². The normalized spacial score (nSPS) is 24.0. The predicted octanol–water partition coefficient (Wildman–Crippen LogP) is 10.2. The molecule has 2 saturated heterocycles. The molecule has 0 radical (unpaired) electrons. The number of unbranched alkanes of at least 4 members (excludes halogenated alkanes) is 1. The van der Waals surface area contributed by atoms with Crippen molar-refractivity contribution in [2.75, 3.05) is 14.1 Å². The quantitative estimate of drug-likeness (QED) is 0.277. The lowest BCUT2D eigenvalue weighted by molar-refractivity contribution is -0.167. The van der Waals surface area contributed by atoms with Crippen molar-refractivity contribution < 1.29 is 15.0 Å². The van der Waals surface area contributed by atoms with Gasteiger partial charge < -0.3 is 10.2 Å². The number of nitrogens with zero attached hydrogens (tertiary/aromatic N) is 2. The van der Waals surface area contributed by atoms with Crippen LogP contribution in [0.3, 0.4) is 0 Å². The Balaban J connectivity index is 2.40. The minimum Gasteiger partial charge on any atom is -0.507 e. The van der Waals surface area contributed by atoms with E-state index in [1.54, 1.807) is 0 Å². The van der Waals surface area contributed by atoms with Crippen LogP contribution in [-0.2, 0) is 22.0 Å². The average molecular weight is 655 g/mol. The molecule has 0 bridgehead atoms. The number of likely N-dealkylation sites (tertiary alicyclic amines) is 2. The van der Waals surface area contributed by atoms with Gasteiger partial charge in [-0.3, -0.25) is 14.6 Å². The molecule has 1 aromatic carbocycles. The minimum absolute atomic E-state index is 0.0102. The molecule has 270 valence electrons. The summed E-state index contributed by atoms with van der Waals surface area (Å²) < 4.78 is 0. The van der Waals surface area contributed by atoms with Crippen molar-refractivity contribution in [2.24, 2.45) is 23.2 Å². The first kappa shape index (κ1) is 39.8. The van der Waals surface area contributed by atoms with Gasteiger partial charge in [0, 0.05) is 22.2 Å². The van der Waals surface area contributed by atoms with Gasteiger partial charge in [-0.25, -0.2) is 0 Å². The van der Waals surface area contributed by atoms with Crippen molar-refractivity contribution in [2.45, 2.75) is 188 Å².